The van der Waals surface area contributed by atoms with Gasteiger partial charge in [0.1, 0.15) is 17.4 Å². The number of pyridine rings is 1. The van der Waals surface area contributed by atoms with Crippen molar-refractivity contribution in [2.24, 2.45) is 0 Å². The molecule has 8 nitrogen and oxygen atoms in total. The van der Waals surface area contributed by atoms with Gasteiger partial charge in [-0.2, -0.15) is 13.2 Å². The highest BCUT2D eigenvalue weighted by Crippen LogP contribution is 2.32. The molecule has 2 N–H and O–H groups in total. The molecule has 1 saturated carbocycles. The van der Waals surface area contributed by atoms with Crippen LogP contribution in [0.25, 0.3) is 11.0 Å². The molecule has 1 aromatic carbocycles. The van der Waals surface area contributed by atoms with Gasteiger partial charge >= 0.3 is 12.1 Å². The van der Waals surface area contributed by atoms with E-state index in [4.69, 9.17) is 36.2 Å². The van der Waals surface area contributed by atoms with Crippen molar-refractivity contribution in [3.8, 4) is 5.75 Å². The zero-order valence-electron chi connectivity index (χ0n) is 18.5. The number of piperidine rings is 1. The Morgan fingerprint density at radius 3 is 2.46 bits per heavy atom. The summed E-state index contributed by atoms with van der Waals surface area (Å²) in [7, 11) is 0. The highest BCUT2D eigenvalue weighted by Gasteiger charge is 2.38. The zero-order valence-corrected chi connectivity index (χ0v) is 19.3. The maximum atomic E-state index is 10.6. The van der Waals surface area contributed by atoms with E-state index in [2.05, 4.69) is 15.2 Å². The lowest BCUT2D eigenvalue weighted by atomic mass is 10.1. The molecular weight excluding hydrogens is 487 g/mol. The smallest absolute Gasteiger partial charge is 0.490 e. The van der Waals surface area contributed by atoms with Gasteiger partial charge in [0.2, 0.25) is 0 Å². The lowest BCUT2D eigenvalue weighted by Crippen LogP contribution is -2.39. The standard InChI is InChI=1S/C21H22ClN5O.C2HF3O2/c22-14-2-1-3-17(12-14)28-16-7-10-27(11-8-16)21-20(24-15-4-5-15)25-18-6-9-23-13-19(18)26-21;3-2(4,5)1(6)7/h1-3,6,9,12-13,15-16H,4-5,7-8,10-11H2,(H,24,25);(H,6,7). The van der Waals surface area contributed by atoms with Gasteiger partial charge in [-0.3, -0.25) is 4.98 Å². The second-order valence-corrected chi connectivity index (χ2v) is 8.68. The maximum absolute atomic E-state index is 10.6. The SMILES string of the molecule is Clc1cccc(OC2CCN(c3nc4cnccc4nc3NC3CC3)CC2)c1.O=C(O)C(F)(F)F. The number of carbonyl (C=O) groups is 1. The number of aromatic nitrogens is 3. The molecule has 0 unspecified atom stereocenters. The molecule has 2 aromatic heterocycles. The summed E-state index contributed by atoms with van der Waals surface area (Å²) in [5.41, 5.74) is 1.71. The molecule has 3 heterocycles. The van der Waals surface area contributed by atoms with Gasteiger partial charge in [0.15, 0.2) is 11.6 Å². The lowest BCUT2D eigenvalue weighted by molar-refractivity contribution is -0.192. The van der Waals surface area contributed by atoms with Crippen LogP contribution < -0.4 is 15.0 Å². The first kappa shape index (κ1) is 24.8. The molecule has 3 aromatic rings. The summed E-state index contributed by atoms with van der Waals surface area (Å²) in [4.78, 5) is 25.1. The Labute approximate surface area is 204 Å². The van der Waals surface area contributed by atoms with Gasteiger partial charge in [-0.25, -0.2) is 14.8 Å². The number of ether oxygens (including phenoxy) is 1. The molecule has 5 rings (SSSR count). The van der Waals surface area contributed by atoms with Gasteiger partial charge in [-0.1, -0.05) is 17.7 Å². The van der Waals surface area contributed by atoms with Crippen LogP contribution >= 0.6 is 11.6 Å². The molecule has 1 aliphatic carbocycles. The molecule has 1 saturated heterocycles. The lowest BCUT2D eigenvalue weighted by Gasteiger charge is -2.33. The van der Waals surface area contributed by atoms with E-state index >= 15 is 0 Å². The van der Waals surface area contributed by atoms with Gasteiger partial charge in [-0.15, -0.1) is 0 Å². The van der Waals surface area contributed by atoms with E-state index in [1.807, 2.05) is 30.3 Å². The van der Waals surface area contributed by atoms with Crippen LogP contribution in [0.4, 0.5) is 24.8 Å². The van der Waals surface area contributed by atoms with Gasteiger partial charge < -0.3 is 20.1 Å². The number of carboxylic acid groups (broad SMARTS) is 1. The second-order valence-electron chi connectivity index (χ2n) is 8.24. The number of hydrogen-bond donors (Lipinski definition) is 2. The molecule has 0 bridgehead atoms. The van der Waals surface area contributed by atoms with Crippen molar-refractivity contribution >= 4 is 40.2 Å². The number of nitrogens with zero attached hydrogens (tertiary/aromatic N) is 4. The summed E-state index contributed by atoms with van der Waals surface area (Å²) < 4.78 is 37.9. The topological polar surface area (TPSA) is 100 Å². The van der Waals surface area contributed by atoms with E-state index in [1.54, 1.807) is 12.4 Å². The number of benzene rings is 1. The monoisotopic (exact) mass is 509 g/mol. The third-order valence-corrected chi connectivity index (χ3v) is 5.68. The van der Waals surface area contributed by atoms with Crippen molar-refractivity contribution in [3.05, 3.63) is 47.7 Å². The Morgan fingerprint density at radius 2 is 1.83 bits per heavy atom. The first-order chi connectivity index (χ1) is 16.7. The number of halogens is 4. The number of anilines is 2. The van der Waals surface area contributed by atoms with E-state index in [1.165, 1.54) is 12.8 Å². The van der Waals surface area contributed by atoms with Gasteiger partial charge in [0.25, 0.3) is 0 Å². The molecular formula is C23H23ClF3N5O3. The number of alkyl halides is 3. The first-order valence-electron chi connectivity index (χ1n) is 11.0. The predicted octanol–water partition coefficient (Wildman–Crippen LogP) is 4.93. The first-order valence-corrected chi connectivity index (χ1v) is 11.4. The van der Waals surface area contributed by atoms with Crippen molar-refractivity contribution in [2.45, 2.75) is 44.0 Å². The van der Waals surface area contributed by atoms with Crippen LogP contribution in [0.1, 0.15) is 25.7 Å². The molecule has 0 spiro atoms. The van der Waals surface area contributed by atoms with Crippen molar-refractivity contribution < 1.29 is 27.8 Å². The average molecular weight is 510 g/mol. The number of nitrogens with one attached hydrogen (secondary N) is 1. The van der Waals surface area contributed by atoms with Crippen molar-refractivity contribution in [1.29, 1.82) is 0 Å². The van der Waals surface area contributed by atoms with Crippen LogP contribution in [-0.4, -0.2) is 57.4 Å². The average Bonchev–Trinajstić information content (AvgIpc) is 3.63. The molecule has 186 valence electrons. The number of aliphatic carboxylic acids is 1. The maximum Gasteiger partial charge on any atom is 0.490 e. The minimum Gasteiger partial charge on any atom is -0.490 e. The second kappa shape index (κ2) is 10.5. The molecule has 35 heavy (non-hydrogen) atoms. The minimum atomic E-state index is -5.08. The van der Waals surface area contributed by atoms with Crippen LogP contribution in [0.5, 0.6) is 5.75 Å². The summed E-state index contributed by atoms with van der Waals surface area (Å²) in [6.45, 7) is 1.76. The Bertz CT molecular complexity index is 1180. The molecule has 2 fully saturated rings. The molecule has 2 aliphatic rings. The largest absolute Gasteiger partial charge is 0.490 e. The zero-order chi connectivity index (χ0) is 25.0. The summed E-state index contributed by atoms with van der Waals surface area (Å²) in [6.07, 6.45) is 2.91. The van der Waals surface area contributed by atoms with Crippen molar-refractivity contribution in [1.82, 2.24) is 15.0 Å². The van der Waals surface area contributed by atoms with E-state index < -0.39 is 12.1 Å². The fourth-order valence-corrected chi connectivity index (χ4v) is 3.73. The highest BCUT2D eigenvalue weighted by atomic mass is 35.5. The molecule has 0 atom stereocenters. The molecule has 0 amide bonds. The number of hydrogen-bond acceptors (Lipinski definition) is 7. The third-order valence-electron chi connectivity index (χ3n) is 5.45. The summed E-state index contributed by atoms with van der Waals surface area (Å²) in [6, 6.07) is 10.0. The Kier molecular flexibility index (Phi) is 7.44. The van der Waals surface area contributed by atoms with E-state index in [0.29, 0.717) is 11.1 Å². The number of fused-ring (bicyclic) bond motifs is 1. The van der Waals surface area contributed by atoms with Crippen LogP contribution in [0.15, 0.2) is 42.7 Å². The van der Waals surface area contributed by atoms with Gasteiger partial charge in [-0.05, 0) is 37.1 Å². The van der Waals surface area contributed by atoms with Crippen LogP contribution in [0.2, 0.25) is 5.02 Å². The van der Waals surface area contributed by atoms with Crippen LogP contribution in [-0.2, 0) is 4.79 Å². The van der Waals surface area contributed by atoms with E-state index in [-0.39, 0.29) is 6.10 Å². The Balaban J connectivity index is 0.000000364. The quantitative estimate of drug-likeness (QED) is 0.499. The van der Waals surface area contributed by atoms with E-state index in [0.717, 1.165) is 54.3 Å². The Hall–Kier alpha value is -3.34. The van der Waals surface area contributed by atoms with Gasteiger partial charge in [0, 0.05) is 43.2 Å². The van der Waals surface area contributed by atoms with Crippen molar-refractivity contribution in [3.63, 3.8) is 0 Å². The van der Waals surface area contributed by atoms with E-state index in [9.17, 15) is 13.2 Å². The fraction of sp³-hybridized carbons (Fsp3) is 0.391. The van der Waals surface area contributed by atoms with Crippen LogP contribution in [0, 0.1) is 0 Å². The van der Waals surface area contributed by atoms with Crippen molar-refractivity contribution in [2.75, 3.05) is 23.3 Å². The molecule has 12 heteroatoms. The predicted molar refractivity (Wildman–Crippen MR) is 125 cm³/mol. The number of rotatable bonds is 5. The number of carboxylic acids is 1. The van der Waals surface area contributed by atoms with Gasteiger partial charge in [0.05, 0.1) is 11.7 Å². The third kappa shape index (κ3) is 6.84. The summed E-state index contributed by atoms with van der Waals surface area (Å²) >= 11 is 6.06. The summed E-state index contributed by atoms with van der Waals surface area (Å²) in [5, 5.41) is 11.4. The minimum absolute atomic E-state index is 0.185. The summed E-state index contributed by atoms with van der Waals surface area (Å²) in [5.74, 6) is -0.116. The molecule has 0 radical (unpaired) electrons. The fourth-order valence-electron chi connectivity index (χ4n) is 3.55. The van der Waals surface area contributed by atoms with Crippen LogP contribution in [0.3, 0.4) is 0 Å². The Morgan fingerprint density at radius 1 is 1.11 bits per heavy atom. The normalized spacial score (nSPS) is 16.4. The highest BCUT2D eigenvalue weighted by molar-refractivity contribution is 6.30. The molecule has 1 aliphatic heterocycles.